The van der Waals surface area contributed by atoms with Crippen LogP contribution in [-0.4, -0.2) is 44.5 Å². The standard InChI is InChI=1S/C14H16N2O6/c1-3-4-14(9(6-17)11(19)10(7-18)22-14)16-5-8(2)12(20)15-13(16)21/h3,5,10-11,18-19H,1,4,7H2,2H3,(H,15,20,21)/t10-,11+,14-/m1/s1. The molecule has 118 valence electrons. The lowest BCUT2D eigenvalue weighted by atomic mass is 9.96. The van der Waals surface area contributed by atoms with Crippen LogP contribution in [0.4, 0.5) is 0 Å². The number of aromatic nitrogens is 2. The third-order valence-electron chi connectivity index (χ3n) is 3.64. The van der Waals surface area contributed by atoms with Gasteiger partial charge in [-0.3, -0.25) is 14.3 Å². The molecule has 1 aliphatic heterocycles. The largest absolute Gasteiger partial charge is 0.394 e. The molecule has 3 N–H and O–H groups in total. The maximum atomic E-state index is 12.1. The number of H-pyrrole nitrogens is 1. The van der Waals surface area contributed by atoms with E-state index in [2.05, 4.69) is 11.6 Å². The van der Waals surface area contributed by atoms with E-state index in [0.717, 1.165) is 4.57 Å². The highest BCUT2D eigenvalue weighted by molar-refractivity contribution is 5.58. The minimum atomic E-state index is -1.68. The summed E-state index contributed by atoms with van der Waals surface area (Å²) in [5, 5.41) is 19.3. The van der Waals surface area contributed by atoms with Crippen molar-refractivity contribution in [1.29, 1.82) is 0 Å². The van der Waals surface area contributed by atoms with Gasteiger partial charge in [-0.25, -0.2) is 9.59 Å². The predicted molar refractivity (Wildman–Crippen MR) is 76.0 cm³/mol. The Morgan fingerprint density at radius 2 is 2.27 bits per heavy atom. The Morgan fingerprint density at radius 3 is 2.82 bits per heavy atom. The molecule has 1 saturated heterocycles. The molecular formula is C14H16N2O6. The lowest BCUT2D eigenvalue weighted by Crippen LogP contribution is -2.46. The van der Waals surface area contributed by atoms with Gasteiger partial charge in [-0.05, 0) is 6.92 Å². The number of nitrogens with one attached hydrogen (secondary N) is 1. The first-order valence-corrected chi connectivity index (χ1v) is 6.57. The number of carbonyl (C=O) groups excluding carboxylic acids is 1. The summed E-state index contributed by atoms with van der Waals surface area (Å²) in [6.07, 6.45) is 0.0962. The molecule has 22 heavy (non-hydrogen) atoms. The van der Waals surface area contributed by atoms with E-state index in [4.69, 9.17) is 4.74 Å². The fraction of sp³-hybridized carbons (Fsp3) is 0.429. The van der Waals surface area contributed by atoms with E-state index < -0.39 is 35.8 Å². The molecule has 0 unspecified atom stereocenters. The van der Waals surface area contributed by atoms with Crippen LogP contribution in [0.25, 0.3) is 0 Å². The van der Waals surface area contributed by atoms with Crippen molar-refractivity contribution in [2.75, 3.05) is 6.61 Å². The Bertz CT molecular complexity index is 757. The normalized spacial score (nSPS) is 27.7. The maximum absolute atomic E-state index is 12.1. The summed E-state index contributed by atoms with van der Waals surface area (Å²) in [6, 6.07) is 0. The van der Waals surface area contributed by atoms with E-state index in [1.165, 1.54) is 19.2 Å². The highest BCUT2D eigenvalue weighted by atomic mass is 16.6. The van der Waals surface area contributed by atoms with E-state index in [-0.39, 0.29) is 17.6 Å². The van der Waals surface area contributed by atoms with E-state index in [1.54, 1.807) is 5.94 Å². The summed E-state index contributed by atoms with van der Waals surface area (Å²) in [7, 11) is 0. The average molecular weight is 308 g/mol. The van der Waals surface area contributed by atoms with Gasteiger partial charge < -0.3 is 14.9 Å². The number of aryl methyl sites for hydroxylation is 1. The number of rotatable bonds is 4. The van der Waals surface area contributed by atoms with Crippen LogP contribution in [0.5, 0.6) is 0 Å². The van der Waals surface area contributed by atoms with E-state index in [1.807, 2.05) is 0 Å². The molecule has 0 spiro atoms. The molecule has 2 rings (SSSR count). The maximum Gasteiger partial charge on any atom is 0.330 e. The van der Waals surface area contributed by atoms with Gasteiger partial charge in [0.25, 0.3) is 5.56 Å². The number of aromatic amines is 1. The lowest BCUT2D eigenvalue weighted by molar-refractivity contribution is -0.108. The van der Waals surface area contributed by atoms with E-state index >= 15 is 0 Å². The molecule has 1 aliphatic rings. The number of nitrogens with zero attached hydrogens (tertiary/aromatic N) is 1. The quantitative estimate of drug-likeness (QED) is 0.464. The summed E-state index contributed by atoms with van der Waals surface area (Å²) in [5.74, 6) is 1.59. The van der Waals surface area contributed by atoms with Crippen molar-refractivity contribution in [2.45, 2.75) is 31.3 Å². The van der Waals surface area contributed by atoms with Crippen LogP contribution in [0, 0.1) is 6.92 Å². The Morgan fingerprint density at radius 1 is 1.59 bits per heavy atom. The molecule has 1 aromatic heterocycles. The zero-order valence-electron chi connectivity index (χ0n) is 11.9. The minimum Gasteiger partial charge on any atom is -0.394 e. The first-order chi connectivity index (χ1) is 10.4. The number of aliphatic hydroxyl groups is 2. The molecule has 0 aromatic carbocycles. The van der Waals surface area contributed by atoms with Crippen molar-refractivity contribution in [2.24, 2.45) is 0 Å². The number of hydrogen-bond donors (Lipinski definition) is 3. The predicted octanol–water partition coefficient (Wildman–Crippen LogP) is -1.42. The molecule has 0 amide bonds. The fourth-order valence-electron chi connectivity index (χ4n) is 2.55. The molecule has 0 aliphatic carbocycles. The van der Waals surface area contributed by atoms with Gasteiger partial charge in [0.05, 0.1) is 12.2 Å². The Labute approximate surface area is 125 Å². The molecule has 0 radical (unpaired) electrons. The van der Waals surface area contributed by atoms with Crippen LogP contribution in [0.15, 0.2) is 34.0 Å². The molecular weight excluding hydrogens is 292 g/mol. The molecule has 1 fully saturated rings. The van der Waals surface area contributed by atoms with Crippen molar-refractivity contribution in [3.63, 3.8) is 0 Å². The summed E-state index contributed by atoms with van der Waals surface area (Å²) >= 11 is 0. The van der Waals surface area contributed by atoms with Gasteiger partial charge in [0.15, 0.2) is 5.72 Å². The second kappa shape index (κ2) is 5.86. The van der Waals surface area contributed by atoms with Crippen molar-refractivity contribution in [3.05, 3.63) is 50.8 Å². The molecule has 0 saturated carbocycles. The summed E-state index contributed by atoms with van der Waals surface area (Å²) in [4.78, 5) is 37.0. The molecule has 1 aromatic rings. The van der Waals surface area contributed by atoms with Crippen LogP contribution < -0.4 is 11.2 Å². The Hall–Kier alpha value is -2.25. The Kier molecular flexibility index (Phi) is 4.30. The van der Waals surface area contributed by atoms with Gasteiger partial charge >= 0.3 is 5.69 Å². The lowest BCUT2D eigenvalue weighted by Gasteiger charge is -2.30. The van der Waals surface area contributed by atoms with Crippen LogP contribution in [0.3, 0.4) is 0 Å². The van der Waals surface area contributed by atoms with Crippen LogP contribution in [-0.2, 0) is 15.3 Å². The average Bonchev–Trinajstić information content (AvgIpc) is 2.75. The summed E-state index contributed by atoms with van der Waals surface area (Å²) in [5.41, 5.74) is -3.07. The molecule has 8 heteroatoms. The SMILES string of the molecule is C=CC[C@@]1(n2cc(C)c(=O)[nH]c2=O)O[C@H](CO)[C@@H](O)C1=C=O. The summed E-state index contributed by atoms with van der Waals surface area (Å²) < 4.78 is 6.59. The van der Waals surface area contributed by atoms with Crippen molar-refractivity contribution >= 4 is 5.94 Å². The number of aliphatic hydroxyl groups excluding tert-OH is 2. The van der Waals surface area contributed by atoms with E-state index in [9.17, 15) is 24.6 Å². The Balaban J connectivity index is 2.77. The van der Waals surface area contributed by atoms with Gasteiger partial charge in [0, 0.05) is 18.2 Å². The zero-order valence-corrected chi connectivity index (χ0v) is 11.9. The highest BCUT2D eigenvalue weighted by Gasteiger charge is 2.52. The zero-order chi connectivity index (χ0) is 16.5. The first kappa shape index (κ1) is 16.1. The van der Waals surface area contributed by atoms with Crippen molar-refractivity contribution in [1.82, 2.24) is 9.55 Å². The third-order valence-corrected chi connectivity index (χ3v) is 3.64. The van der Waals surface area contributed by atoms with Crippen LogP contribution in [0.2, 0.25) is 0 Å². The summed E-state index contributed by atoms with van der Waals surface area (Å²) in [6.45, 7) is 4.48. The molecule has 2 heterocycles. The smallest absolute Gasteiger partial charge is 0.330 e. The van der Waals surface area contributed by atoms with Gasteiger partial charge in [-0.1, -0.05) is 6.08 Å². The fourth-order valence-corrected chi connectivity index (χ4v) is 2.55. The number of ether oxygens (including phenoxy) is 1. The van der Waals surface area contributed by atoms with Gasteiger partial charge in [-0.15, -0.1) is 6.58 Å². The van der Waals surface area contributed by atoms with Gasteiger partial charge in [0.2, 0.25) is 0 Å². The second-order valence-corrected chi connectivity index (χ2v) is 5.02. The topological polar surface area (TPSA) is 122 Å². The molecule has 0 bridgehead atoms. The van der Waals surface area contributed by atoms with Gasteiger partial charge in [0.1, 0.15) is 18.1 Å². The minimum absolute atomic E-state index is 0.0312. The van der Waals surface area contributed by atoms with Crippen molar-refractivity contribution in [3.8, 4) is 0 Å². The molecule has 8 nitrogen and oxygen atoms in total. The van der Waals surface area contributed by atoms with Crippen molar-refractivity contribution < 1.29 is 19.7 Å². The van der Waals surface area contributed by atoms with Crippen LogP contribution >= 0.6 is 0 Å². The third kappa shape index (κ3) is 2.28. The highest BCUT2D eigenvalue weighted by Crippen LogP contribution is 2.40. The van der Waals surface area contributed by atoms with Crippen LogP contribution in [0.1, 0.15) is 12.0 Å². The van der Waals surface area contributed by atoms with E-state index in [0.29, 0.717) is 0 Å². The van der Waals surface area contributed by atoms with Gasteiger partial charge in [-0.2, -0.15) is 0 Å². The first-order valence-electron chi connectivity index (χ1n) is 6.57. The molecule has 3 atom stereocenters. The second-order valence-electron chi connectivity index (χ2n) is 5.02. The number of hydrogen-bond acceptors (Lipinski definition) is 6. The monoisotopic (exact) mass is 308 g/mol.